The van der Waals surface area contributed by atoms with Crippen molar-refractivity contribution < 1.29 is 27.9 Å². The molecule has 0 atom stereocenters. The van der Waals surface area contributed by atoms with Gasteiger partial charge >= 0.3 is 5.97 Å². The Kier molecular flexibility index (Phi) is 6.19. The summed E-state index contributed by atoms with van der Waals surface area (Å²) in [5, 5.41) is 2.68. The summed E-state index contributed by atoms with van der Waals surface area (Å²) in [4.78, 5) is 35.7. The van der Waals surface area contributed by atoms with Gasteiger partial charge in [0.2, 0.25) is 11.7 Å². The van der Waals surface area contributed by atoms with Crippen LogP contribution < -0.4 is 5.32 Å². The van der Waals surface area contributed by atoms with E-state index >= 15 is 0 Å². The number of halogens is 1. The molecular weight excluding hydrogens is 377 g/mol. The molecule has 0 saturated carbocycles. The molecule has 2 aromatic carbocycles. The Bertz CT molecular complexity index is 1020. The van der Waals surface area contributed by atoms with Gasteiger partial charge in [0.15, 0.2) is 12.4 Å². The summed E-state index contributed by atoms with van der Waals surface area (Å²) < 4.78 is 23.4. The Morgan fingerprint density at radius 1 is 0.966 bits per heavy atom. The number of ether oxygens (including phenoxy) is 1. The minimum Gasteiger partial charge on any atom is -0.451 e. The van der Waals surface area contributed by atoms with Crippen LogP contribution >= 0.6 is 0 Å². The lowest BCUT2D eigenvalue weighted by Gasteiger charge is -2.06. The molecule has 0 aliphatic heterocycles. The van der Waals surface area contributed by atoms with Gasteiger partial charge in [0.1, 0.15) is 11.6 Å². The molecular formula is C22H18FNO5. The number of hydrogen-bond acceptors (Lipinski definition) is 5. The third kappa shape index (κ3) is 5.16. The summed E-state index contributed by atoms with van der Waals surface area (Å²) >= 11 is 0. The van der Waals surface area contributed by atoms with E-state index in [-0.39, 0.29) is 17.5 Å². The summed E-state index contributed by atoms with van der Waals surface area (Å²) in [6, 6.07) is 14.9. The number of esters is 1. The van der Waals surface area contributed by atoms with Crippen molar-refractivity contribution in [1.29, 1.82) is 0 Å². The Balaban J connectivity index is 1.57. The average molecular weight is 395 g/mol. The second-order valence-electron chi connectivity index (χ2n) is 6.15. The van der Waals surface area contributed by atoms with Crippen molar-refractivity contribution in [2.24, 2.45) is 0 Å². The first-order valence-corrected chi connectivity index (χ1v) is 8.92. The molecule has 0 unspecified atom stereocenters. The van der Waals surface area contributed by atoms with Gasteiger partial charge in [-0.2, -0.15) is 0 Å². The molecule has 1 amide bonds. The summed E-state index contributed by atoms with van der Waals surface area (Å²) in [5.41, 5.74) is 1.53. The Morgan fingerprint density at radius 3 is 2.31 bits per heavy atom. The number of carbonyl (C=O) groups is 3. The Labute approximate surface area is 166 Å². The fourth-order valence-corrected chi connectivity index (χ4v) is 2.49. The summed E-state index contributed by atoms with van der Waals surface area (Å²) in [6.07, 6.45) is 0.353. The van der Waals surface area contributed by atoms with Gasteiger partial charge < -0.3 is 14.5 Å². The van der Waals surface area contributed by atoms with E-state index in [0.29, 0.717) is 29.0 Å². The van der Waals surface area contributed by atoms with Gasteiger partial charge in [-0.25, -0.2) is 9.18 Å². The van der Waals surface area contributed by atoms with Crippen LogP contribution in [0.1, 0.15) is 34.3 Å². The van der Waals surface area contributed by atoms with Crippen molar-refractivity contribution >= 4 is 23.3 Å². The zero-order valence-electron chi connectivity index (χ0n) is 15.6. The van der Waals surface area contributed by atoms with Crippen LogP contribution in [0.25, 0.3) is 11.3 Å². The molecule has 1 heterocycles. The summed E-state index contributed by atoms with van der Waals surface area (Å²) in [5.74, 6) is -1.35. The standard InChI is InChI=1S/C22H18FNO5/c1-2-21(26)24-17-9-5-14(6-10-17)18(25)13-28-22(27)20-12-11-19(29-20)15-3-7-16(23)8-4-15/h3-12H,2,13H2,1H3,(H,24,26). The molecule has 0 saturated heterocycles. The highest BCUT2D eigenvalue weighted by Gasteiger charge is 2.16. The third-order valence-electron chi connectivity index (χ3n) is 4.08. The van der Waals surface area contributed by atoms with E-state index in [9.17, 15) is 18.8 Å². The maximum atomic E-state index is 13.0. The monoisotopic (exact) mass is 395 g/mol. The first-order chi connectivity index (χ1) is 14.0. The molecule has 0 aliphatic rings. The largest absolute Gasteiger partial charge is 0.451 e. The number of furan rings is 1. The number of rotatable bonds is 7. The minimum absolute atomic E-state index is 0.0604. The first kappa shape index (κ1) is 20.0. The number of carbonyl (C=O) groups excluding carboxylic acids is 3. The van der Waals surface area contributed by atoms with Crippen molar-refractivity contribution in [3.8, 4) is 11.3 Å². The van der Waals surface area contributed by atoms with Gasteiger partial charge in [-0.3, -0.25) is 9.59 Å². The van der Waals surface area contributed by atoms with Crippen LogP contribution in [0.5, 0.6) is 0 Å². The Morgan fingerprint density at radius 2 is 1.66 bits per heavy atom. The fourth-order valence-electron chi connectivity index (χ4n) is 2.49. The molecule has 0 aliphatic carbocycles. The Hall–Kier alpha value is -3.74. The molecule has 0 radical (unpaired) electrons. The zero-order chi connectivity index (χ0) is 20.8. The molecule has 0 spiro atoms. The van der Waals surface area contributed by atoms with Crippen molar-refractivity contribution in [3.05, 3.63) is 77.8 Å². The molecule has 3 aromatic rings. The van der Waals surface area contributed by atoms with Crippen molar-refractivity contribution in [1.82, 2.24) is 0 Å². The lowest BCUT2D eigenvalue weighted by molar-refractivity contribution is -0.115. The maximum absolute atomic E-state index is 13.0. The molecule has 29 heavy (non-hydrogen) atoms. The smallest absolute Gasteiger partial charge is 0.374 e. The number of Topliss-reactive ketones (excluding diaryl/α,β-unsaturated/α-hetero) is 1. The lowest BCUT2D eigenvalue weighted by Crippen LogP contribution is -2.14. The predicted molar refractivity (Wildman–Crippen MR) is 104 cm³/mol. The van der Waals surface area contributed by atoms with Crippen molar-refractivity contribution in [3.63, 3.8) is 0 Å². The van der Waals surface area contributed by atoms with Gasteiger partial charge in [0.05, 0.1) is 0 Å². The summed E-state index contributed by atoms with van der Waals surface area (Å²) in [7, 11) is 0. The highest BCUT2D eigenvalue weighted by atomic mass is 19.1. The molecule has 0 fully saturated rings. The van der Waals surface area contributed by atoms with Crippen molar-refractivity contribution in [2.45, 2.75) is 13.3 Å². The van der Waals surface area contributed by atoms with Crippen LogP contribution in [0.15, 0.2) is 65.1 Å². The minimum atomic E-state index is -0.779. The molecule has 7 heteroatoms. The molecule has 6 nitrogen and oxygen atoms in total. The van der Waals surface area contributed by atoms with E-state index in [1.165, 1.54) is 30.3 Å². The molecule has 1 aromatic heterocycles. The lowest BCUT2D eigenvalue weighted by atomic mass is 10.1. The number of anilines is 1. The van der Waals surface area contributed by atoms with Gasteiger partial charge in [-0.1, -0.05) is 6.92 Å². The van der Waals surface area contributed by atoms with Gasteiger partial charge in [0, 0.05) is 23.2 Å². The van der Waals surface area contributed by atoms with Crippen LogP contribution in [-0.4, -0.2) is 24.3 Å². The van der Waals surface area contributed by atoms with Crippen LogP contribution in [0.3, 0.4) is 0 Å². The van der Waals surface area contributed by atoms with E-state index in [4.69, 9.17) is 9.15 Å². The number of ketones is 1. The van der Waals surface area contributed by atoms with Crippen LogP contribution in [0.2, 0.25) is 0 Å². The fraction of sp³-hybridized carbons (Fsp3) is 0.136. The second-order valence-corrected chi connectivity index (χ2v) is 6.15. The molecule has 148 valence electrons. The SMILES string of the molecule is CCC(=O)Nc1ccc(C(=O)COC(=O)c2ccc(-c3ccc(F)cc3)o2)cc1. The highest BCUT2D eigenvalue weighted by Crippen LogP contribution is 2.23. The van der Waals surface area contributed by atoms with Gasteiger partial charge in [-0.15, -0.1) is 0 Å². The number of benzene rings is 2. The van der Waals surface area contributed by atoms with E-state index in [1.54, 1.807) is 37.3 Å². The predicted octanol–water partition coefficient (Wildman–Crippen LogP) is 4.47. The summed E-state index contributed by atoms with van der Waals surface area (Å²) in [6.45, 7) is 1.29. The molecule has 3 rings (SSSR count). The zero-order valence-corrected chi connectivity index (χ0v) is 15.6. The van der Waals surface area contributed by atoms with Crippen LogP contribution in [0, 0.1) is 5.82 Å². The van der Waals surface area contributed by atoms with Crippen molar-refractivity contribution in [2.75, 3.05) is 11.9 Å². The average Bonchev–Trinajstić information content (AvgIpc) is 3.23. The van der Waals surface area contributed by atoms with Gasteiger partial charge in [0.25, 0.3) is 0 Å². The number of amides is 1. The van der Waals surface area contributed by atoms with E-state index < -0.39 is 18.4 Å². The quantitative estimate of drug-likeness (QED) is 0.471. The van der Waals surface area contributed by atoms with Crippen LogP contribution in [0.4, 0.5) is 10.1 Å². The third-order valence-corrected chi connectivity index (χ3v) is 4.08. The molecule has 1 N–H and O–H groups in total. The van der Waals surface area contributed by atoms with Crippen LogP contribution in [-0.2, 0) is 9.53 Å². The topological polar surface area (TPSA) is 85.6 Å². The second kappa shape index (κ2) is 8.97. The number of hydrogen-bond donors (Lipinski definition) is 1. The normalized spacial score (nSPS) is 10.4. The van der Waals surface area contributed by atoms with E-state index in [1.807, 2.05) is 0 Å². The number of nitrogens with one attached hydrogen (secondary N) is 1. The van der Waals surface area contributed by atoms with Gasteiger partial charge in [-0.05, 0) is 60.7 Å². The van der Waals surface area contributed by atoms with E-state index in [2.05, 4.69) is 5.32 Å². The highest BCUT2D eigenvalue weighted by molar-refractivity contribution is 5.99. The van der Waals surface area contributed by atoms with E-state index in [0.717, 1.165) is 0 Å². The first-order valence-electron chi connectivity index (χ1n) is 8.92. The molecule has 0 bridgehead atoms. The maximum Gasteiger partial charge on any atom is 0.374 e.